The molecule has 3 nitrogen and oxygen atoms in total. The molecular formula is C13H27NO2. The van der Waals surface area contributed by atoms with Crippen LogP contribution in [-0.2, 0) is 4.79 Å². The Balaban J connectivity index is 3.90. The van der Waals surface area contributed by atoms with Crippen molar-refractivity contribution in [2.45, 2.75) is 53.6 Å². The van der Waals surface area contributed by atoms with Gasteiger partial charge < -0.3 is 10.4 Å². The van der Waals surface area contributed by atoms with E-state index in [1.165, 1.54) is 0 Å². The first-order valence-electron chi connectivity index (χ1n) is 6.33. The molecule has 0 rings (SSSR count). The Morgan fingerprint density at radius 3 is 2.12 bits per heavy atom. The monoisotopic (exact) mass is 229 g/mol. The summed E-state index contributed by atoms with van der Waals surface area (Å²) >= 11 is 0. The lowest BCUT2D eigenvalue weighted by atomic mass is 9.90. The summed E-state index contributed by atoms with van der Waals surface area (Å²) in [6, 6.07) is 0. The molecule has 0 saturated carbocycles. The molecule has 2 N–H and O–H groups in total. The maximum absolute atomic E-state index is 11.6. The van der Waals surface area contributed by atoms with Gasteiger partial charge in [0.1, 0.15) is 0 Å². The van der Waals surface area contributed by atoms with Gasteiger partial charge in [-0.25, -0.2) is 0 Å². The molecule has 0 saturated heterocycles. The number of carbonyl (C=O) groups is 1. The molecule has 0 fully saturated rings. The van der Waals surface area contributed by atoms with Crippen molar-refractivity contribution in [2.24, 2.45) is 17.8 Å². The molecule has 0 radical (unpaired) electrons. The highest BCUT2D eigenvalue weighted by molar-refractivity contribution is 5.76. The van der Waals surface area contributed by atoms with Crippen LogP contribution in [0.1, 0.15) is 47.5 Å². The van der Waals surface area contributed by atoms with Crippen molar-refractivity contribution in [3.05, 3.63) is 0 Å². The highest BCUT2D eigenvalue weighted by atomic mass is 16.3. The third-order valence-corrected chi connectivity index (χ3v) is 3.19. The molecule has 0 heterocycles. The lowest BCUT2D eigenvalue weighted by Gasteiger charge is -2.20. The minimum absolute atomic E-state index is 0.0558. The molecule has 0 aliphatic heterocycles. The summed E-state index contributed by atoms with van der Waals surface area (Å²) < 4.78 is 0. The molecule has 0 aromatic heterocycles. The molecule has 0 aromatic rings. The quantitative estimate of drug-likeness (QED) is 0.703. The van der Waals surface area contributed by atoms with Gasteiger partial charge in [-0.2, -0.15) is 0 Å². The largest absolute Gasteiger partial charge is 0.391 e. The average Bonchev–Trinajstić information content (AvgIpc) is 2.21. The van der Waals surface area contributed by atoms with Gasteiger partial charge >= 0.3 is 0 Å². The second-order valence-electron chi connectivity index (χ2n) is 5.23. The zero-order valence-electron chi connectivity index (χ0n) is 11.3. The van der Waals surface area contributed by atoms with Crippen LogP contribution in [-0.4, -0.2) is 23.7 Å². The van der Waals surface area contributed by atoms with Crippen LogP contribution < -0.4 is 5.32 Å². The normalized spacial score (nSPS) is 15.2. The van der Waals surface area contributed by atoms with Crippen LogP contribution in [0, 0.1) is 17.8 Å². The first-order chi connectivity index (χ1) is 7.38. The van der Waals surface area contributed by atoms with Crippen molar-refractivity contribution in [2.75, 3.05) is 6.54 Å². The van der Waals surface area contributed by atoms with Crippen molar-refractivity contribution in [3.8, 4) is 0 Å². The second-order valence-corrected chi connectivity index (χ2v) is 5.23. The van der Waals surface area contributed by atoms with E-state index in [-0.39, 0.29) is 11.8 Å². The Kier molecular flexibility index (Phi) is 7.39. The predicted molar refractivity (Wildman–Crippen MR) is 67.1 cm³/mol. The molecule has 16 heavy (non-hydrogen) atoms. The van der Waals surface area contributed by atoms with Gasteiger partial charge in [0, 0.05) is 13.0 Å². The Bertz CT molecular complexity index is 202. The van der Waals surface area contributed by atoms with Crippen molar-refractivity contribution in [1.29, 1.82) is 0 Å². The predicted octanol–water partition coefficient (Wildman–Crippen LogP) is 2.19. The second kappa shape index (κ2) is 7.66. The fourth-order valence-corrected chi connectivity index (χ4v) is 1.62. The van der Waals surface area contributed by atoms with E-state index in [1.807, 2.05) is 13.8 Å². The van der Waals surface area contributed by atoms with E-state index in [0.717, 1.165) is 6.42 Å². The van der Waals surface area contributed by atoms with E-state index in [4.69, 9.17) is 0 Å². The summed E-state index contributed by atoms with van der Waals surface area (Å²) in [5.74, 6) is 1.22. The molecule has 1 amide bonds. The summed E-state index contributed by atoms with van der Waals surface area (Å²) in [5, 5.41) is 12.4. The van der Waals surface area contributed by atoms with Gasteiger partial charge in [-0.3, -0.25) is 4.79 Å². The van der Waals surface area contributed by atoms with Crippen molar-refractivity contribution in [1.82, 2.24) is 5.32 Å². The molecule has 0 aromatic carbocycles. The van der Waals surface area contributed by atoms with E-state index < -0.39 is 6.10 Å². The highest BCUT2D eigenvalue weighted by Gasteiger charge is 2.16. The lowest BCUT2D eigenvalue weighted by Crippen LogP contribution is -2.35. The first-order valence-corrected chi connectivity index (χ1v) is 6.33. The molecule has 0 bridgehead atoms. The molecule has 2 unspecified atom stereocenters. The Morgan fingerprint density at radius 1 is 1.19 bits per heavy atom. The van der Waals surface area contributed by atoms with E-state index in [1.54, 1.807) is 0 Å². The molecule has 0 spiro atoms. The number of aliphatic hydroxyl groups excluding tert-OH is 1. The summed E-state index contributed by atoms with van der Waals surface area (Å²) in [6.45, 7) is 10.7. The van der Waals surface area contributed by atoms with Gasteiger partial charge in [-0.05, 0) is 17.8 Å². The standard InChI is InChI=1S/C13H27NO2/c1-6-11(9(2)3)7-13(16)14-8-12(15)10(4)5/h9-12,15H,6-8H2,1-5H3,(H,14,16). The SMILES string of the molecule is CCC(CC(=O)NCC(O)C(C)C)C(C)C. The lowest BCUT2D eigenvalue weighted by molar-refractivity contribution is -0.123. The maximum atomic E-state index is 11.6. The average molecular weight is 229 g/mol. The van der Waals surface area contributed by atoms with E-state index in [2.05, 4.69) is 26.1 Å². The van der Waals surface area contributed by atoms with Crippen LogP contribution in [0.3, 0.4) is 0 Å². The summed E-state index contributed by atoms with van der Waals surface area (Å²) in [5.41, 5.74) is 0. The number of aliphatic hydroxyl groups is 1. The van der Waals surface area contributed by atoms with Gasteiger partial charge in [0.05, 0.1) is 6.10 Å². The first kappa shape index (κ1) is 15.4. The summed E-state index contributed by atoms with van der Waals surface area (Å²) in [4.78, 5) is 11.6. The van der Waals surface area contributed by atoms with Gasteiger partial charge in [-0.15, -0.1) is 0 Å². The zero-order chi connectivity index (χ0) is 12.7. The number of nitrogens with one attached hydrogen (secondary N) is 1. The van der Waals surface area contributed by atoms with Crippen molar-refractivity contribution >= 4 is 5.91 Å². The van der Waals surface area contributed by atoms with Crippen LogP contribution in [0.5, 0.6) is 0 Å². The topological polar surface area (TPSA) is 49.3 Å². The Labute approximate surface area is 99.6 Å². The van der Waals surface area contributed by atoms with Gasteiger partial charge in [0.15, 0.2) is 0 Å². The van der Waals surface area contributed by atoms with Crippen LogP contribution in [0.4, 0.5) is 0 Å². The molecule has 3 heteroatoms. The van der Waals surface area contributed by atoms with Crippen LogP contribution >= 0.6 is 0 Å². The Morgan fingerprint density at radius 2 is 1.75 bits per heavy atom. The zero-order valence-corrected chi connectivity index (χ0v) is 11.3. The minimum atomic E-state index is -0.442. The number of amides is 1. The van der Waals surface area contributed by atoms with E-state index in [9.17, 15) is 9.90 Å². The molecular weight excluding hydrogens is 202 g/mol. The molecule has 2 atom stereocenters. The summed E-state index contributed by atoms with van der Waals surface area (Å²) in [7, 11) is 0. The summed E-state index contributed by atoms with van der Waals surface area (Å²) in [6.07, 6.45) is 1.15. The maximum Gasteiger partial charge on any atom is 0.220 e. The number of carbonyl (C=O) groups excluding carboxylic acids is 1. The molecule has 96 valence electrons. The fourth-order valence-electron chi connectivity index (χ4n) is 1.62. The van der Waals surface area contributed by atoms with E-state index in [0.29, 0.717) is 24.8 Å². The van der Waals surface area contributed by atoms with Gasteiger partial charge in [0.25, 0.3) is 0 Å². The van der Waals surface area contributed by atoms with Crippen LogP contribution in [0.15, 0.2) is 0 Å². The van der Waals surface area contributed by atoms with Crippen molar-refractivity contribution < 1.29 is 9.90 Å². The van der Waals surface area contributed by atoms with Gasteiger partial charge in [-0.1, -0.05) is 41.0 Å². The Hall–Kier alpha value is -0.570. The minimum Gasteiger partial charge on any atom is -0.391 e. The van der Waals surface area contributed by atoms with E-state index >= 15 is 0 Å². The number of rotatable bonds is 7. The number of hydrogen-bond acceptors (Lipinski definition) is 2. The van der Waals surface area contributed by atoms with Gasteiger partial charge in [0.2, 0.25) is 5.91 Å². The smallest absolute Gasteiger partial charge is 0.220 e. The third kappa shape index (κ3) is 6.11. The van der Waals surface area contributed by atoms with Crippen molar-refractivity contribution in [3.63, 3.8) is 0 Å². The van der Waals surface area contributed by atoms with Crippen LogP contribution in [0.2, 0.25) is 0 Å². The highest BCUT2D eigenvalue weighted by Crippen LogP contribution is 2.18. The van der Waals surface area contributed by atoms with Crippen LogP contribution in [0.25, 0.3) is 0 Å². The number of hydrogen-bond donors (Lipinski definition) is 2. The third-order valence-electron chi connectivity index (χ3n) is 3.19. The molecule has 0 aliphatic rings. The fraction of sp³-hybridized carbons (Fsp3) is 0.923. The molecule has 0 aliphatic carbocycles.